The van der Waals surface area contributed by atoms with E-state index in [0.717, 1.165) is 47.0 Å². The van der Waals surface area contributed by atoms with Gasteiger partial charge in [0.25, 0.3) is 0 Å². The van der Waals surface area contributed by atoms with Crippen LogP contribution in [-0.4, -0.2) is 16.5 Å². The maximum Gasteiger partial charge on any atom is 0.148 e. The smallest absolute Gasteiger partial charge is 0.148 e. The number of anilines is 1. The Balaban J connectivity index is 1.93. The second-order valence-corrected chi connectivity index (χ2v) is 6.14. The molecule has 23 heavy (non-hydrogen) atoms. The number of aromatic nitrogens is 2. The van der Waals surface area contributed by atoms with E-state index >= 15 is 0 Å². The van der Waals surface area contributed by atoms with Crippen LogP contribution in [0.3, 0.4) is 0 Å². The molecule has 3 nitrogen and oxygen atoms in total. The van der Waals surface area contributed by atoms with Gasteiger partial charge in [-0.25, -0.2) is 9.97 Å². The molecule has 1 aliphatic heterocycles. The van der Waals surface area contributed by atoms with Crippen molar-refractivity contribution in [2.75, 3.05) is 11.9 Å². The molecule has 0 aliphatic carbocycles. The van der Waals surface area contributed by atoms with Gasteiger partial charge in [0.05, 0.1) is 17.1 Å². The quantitative estimate of drug-likeness (QED) is 0.761. The summed E-state index contributed by atoms with van der Waals surface area (Å²) in [5, 5.41) is 3.43. The Kier molecular flexibility index (Phi) is 3.54. The fourth-order valence-corrected chi connectivity index (χ4v) is 3.02. The van der Waals surface area contributed by atoms with Crippen molar-refractivity contribution in [3.8, 4) is 22.5 Å². The molecule has 2 aromatic carbocycles. The van der Waals surface area contributed by atoms with Gasteiger partial charge in [-0.3, -0.25) is 0 Å². The van der Waals surface area contributed by atoms with Crippen molar-refractivity contribution in [2.45, 2.75) is 13.3 Å². The molecular formula is C20H19N3. The molecule has 3 heteroatoms. The molecule has 0 saturated heterocycles. The average Bonchev–Trinajstić information content (AvgIpc) is 2.62. The van der Waals surface area contributed by atoms with E-state index in [4.69, 9.17) is 9.97 Å². The lowest BCUT2D eigenvalue weighted by molar-refractivity contribution is 0.580. The highest BCUT2D eigenvalue weighted by atomic mass is 15.0. The van der Waals surface area contributed by atoms with Crippen molar-refractivity contribution in [3.05, 3.63) is 66.4 Å². The first-order chi connectivity index (χ1) is 11.3. The Labute approximate surface area is 136 Å². The lowest BCUT2D eigenvalue weighted by atomic mass is 9.99. The van der Waals surface area contributed by atoms with Crippen LogP contribution in [0.25, 0.3) is 22.5 Å². The van der Waals surface area contributed by atoms with Crippen LogP contribution >= 0.6 is 0 Å². The van der Waals surface area contributed by atoms with E-state index in [0.29, 0.717) is 5.92 Å². The number of hydrogen-bond donors (Lipinski definition) is 1. The Morgan fingerprint density at radius 2 is 1.39 bits per heavy atom. The zero-order valence-corrected chi connectivity index (χ0v) is 13.2. The molecule has 3 aromatic rings. The maximum absolute atomic E-state index is 4.99. The zero-order valence-electron chi connectivity index (χ0n) is 13.2. The lowest BCUT2D eigenvalue weighted by Crippen LogP contribution is -2.23. The topological polar surface area (TPSA) is 37.8 Å². The summed E-state index contributed by atoms with van der Waals surface area (Å²) in [5.74, 6) is 1.52. The summed E-state index contributed by atoms with van der Waals surface area (Å²) in [7, 11) is 0. The van der Waals surface area contributed by atoms with Gasteiger partial charge in [0.15, 0.2) is 0 Å². The summed E-state index contributed by atoms with van der Waals surface area (Å²) in [6, 6.07) is 20.6. The SMILES string of the molecule is CC1CNc2nc(-c3ccccc3)c(-c3ccccc3)nc2C1. The van der Waals surface area contributed by atoms with E-state index < -0.39 is 0 Å². The third-order valence-corrected chi connectivity index (χ3v) is 4.22. The van der Waals surface area contributed by atoms with Crippen molar-refractivity contribution < 1.29 is 0 Å². The van der Waals surface area contributed by atoms with E-state index in [9.17, 15) is 0 Å². The first-order valence-electron chi connectivity index (χ1n) is 8.07. The number of nitrogens with zero attached hydrogens (tertiary/aromatic N) is 2. The highest BCUT2D eigenvalue weighted by molar-refractivity contribution is 5.79. The van der Waals surface area contributed by atoms with Gasteiger partial charge in [-0.05, 0) is 12.3 Å². The van der Waals surface area contributed by atoms with Crippen molar-refractivity contribution in [2.24, 2.45) is 5.92 Å². The van der Waals surface area contributed by atoms with Gasteiger partial charge in [-0.1, -0.05) is 67.6 Å². The number of hydrogen-bond acceptors (Lipinski definition) is 3. The van der Waals surface area contributed by atoms with Gasteiger partial charge in [0.1, 0.15) is 5.82 Å². The minimum atomic E-state index is 0.586. The molecule has 1 atom stereocenters. The first kappa shape index (κ1) is 13.9. The molecule has 1 aromatic heterocycles. The Bertz CT molecular complexity index is 813. The van der Waals surface area contributed by atoms with Gasteiger partial charge in [0.2, 0.25) is 0 Å². The standard InChI is InChI=1S/C20H19N3/c1-14-12-17-20(21-13-14)23-19(16-10-6-3-7-11-16)18(22-17)15-8-4-2-5-9-15/h2-11,14H,12-13H2,1H3,(H,21,23). The minimum Gasteiger partial charge on any atom is -0.368 e. The summed E-state index contributed by atoms with van der Waals surface area (Å²) < 4.78 is 0. The molecule has 1 unspecified atom stereocenters. The molecule has 0 bridgehead atoms. The van der Waals surface area contributed by atoms with E-state index in [1.807, 2.05) is 36.4 Å². The highest BCUT2D eigenvalue weighted by Crippen LogP contribution is 2.33. The van der Waals surface area contributed by atoms with Crippen LogP contribution in [0.1, 0.15) is 12.6 Å². The molecule has 0 radical (unpaired) electrons. The van der Waals surface area contributed by atoms with Crippen molar-refractivity contribution in [1.82, 2.24) is 9.97 Å². The van der Waals surface area contributed by atoms with E-state index in [1.165, 1.54) is 0 Å². The van der Waals surface area contributed by atoms with Crippen molar-refractivity contribution in [3.63, 3.8) is 0 Å². The zero-order chi connectivity index (χ0) is 15.6. The van der Waals surface area contributed by atoms with E-state index in [1.54, 1.807) is 0 Å². The number of nitrogens with one attached hydrogen (secondary N) is 1. The third kappa shape index (κ3) is 2.70. The molecule has 0 spiro atoms. The van der Waals surface area contributed by atoms with Crippen LogP contribution in [0, 0.1) is 5.92 Å². The third-order valence-electron chi connectivity index (χ3n) is 4.22. The lowest BCUT2D eigenvalue weighted by Gasteiger charge is -2.23. The largest absolute Gasteiger partial charge is 0.368 e. The Morgan fingerprint density at radius 3 is 2.00 bits per heavy atom. The molecule has 1 aliphatic rings. The number of benzene rings is 2. The van der Waals surface area contributed by atoms with Crippen LogP contribution in [0.2, 0.25) is 0 Å². The van der Waals surface area contributed by atoms with Crippen molar-refractivity contribution >= 4 is 5.82 Å². The molecule has 4 rings (SSSR count). The Hall–Kier alpha value is -2.68. The first-order valence-corrected chi connectivity index (χ1v) is 8.07. The summed E-state index contributed by atoms with van der Waals surface area (Å²) in [4.78, 5) is 9.91. The Morgan fingerprint density at radius 1 is 0.826 bits per heavy atom. The second kappa shape index (κ2) is 5.84. The maximum atomic E-state index is 4.99. The van der Waals surface area contributed by atoms with Crippen molar-refractivity contribution in [1.29, 1.82) is 0 Å². The van der Waals surface area contributed by atoms with Crippen LogP contribution in [0.5, 0.6) is 0 Å². The van der Waals surface area contributed by atoms with Gasteiger partial charge in [-0.15, -0.1) is 0 Å². The number of rotatable bonds is 2. The fraction of sp³-hybridized carbons (Fsp3) is 0.200. The summed E-state index contributed by atoms with van der Waals surface area (Å²) >= 11 is 0. The van der Waals surface area contributed by atoms with Crippen LogP contribution in [0.15, 0.2) is 60.7 Å². The molecular weight excluding hydrogens is 282 g/mol. The fourth-order valence-electron chi connectivity index (χ4n) is 3.02. The van der Waals surface area contributed by atoms with Gasteiger partial charge < -0.3 is 5.32 Å². The second-order valence-electron chi connectivity index (χ2n) is 6.14. The highest BCUT2D eigenvalue weighted by Gasteiger charge is 2.21. The normalized spacial score (nSPS) is 16.5. The van der Waals surface area contributed by atoms with Gasteiger partial charge >= 0.3 is 0 Å². The van der Waals surface area contributed by atoms with Crippen LogP contribution < -0.4 is 5.32 Å². The predicted molar refractivity (Wildman–Crippen MR) is 94.3 cm³/mol. The van der Waals surface area contributed by atoms with Gasteiger partial charge in [-0.2, -0.15) is 0 Å². The predicted octanol–water partition coefficient (Wildman–Crippen LogP) is 4.41. The molecule has 0 amide bonds. The molecule has 0 fully saturated rings. The minimum absolute atomic E-state index is 0.586. The molecule has 114 valence electrons. The molecule has 1 N–H and O–H groups in total. The van der Waals surface area contributed by atoms with Crippen LogP contribution in [-0.2, 0) is 6.42 Å². The molecule has 2 heterocycles. The van der Waals surface area contributed by atoms with Gasteiger partial charge in [0, 0.05) is 17.7 Å². The van der Waals surface area contributed by atoms with E-state index in [2.05, 4.69) is 36.5 Å². The van der Waals surface area contributed by atoms with E-state index in [-0.39, 0.29) is 0 Å². The van der Waals surface area contributed by atoms with Crippen LogP contribution in [0.4, 0.5) is 5.82 Å². The number of fused-ring (bicyclic) bond motifs is 1. The summed E-state index contributed by atoms with van der Waals surface area (Å²) in [6.45, 7) is 3.20. The molecule has 0 saturated carbocycles. The summed E-state index contributed by atoms with van der Waals surface area (Å²) in [5.41, 5.74) is 5.19. The monoisotopic (exact) mass is 301 g/mol. The summed E-state index contributed by atoms with van der Waals surface area (Å²) in [6.07, 6.45) is 0.976. The average molecular weight is 301 g/mol.